The molecule has 1 heterocycles. The molecular formula is C16H23BrN2O2S. The fourth-order valence-electron chi connectivity index (χ4n) is 1.75. The lowest BCUT2D eigenvalue weighted by Gasteiger charge is -2.25. The van der Waals surface area contributed by atoms with Crippen molar-refractivity contribution in [3.8, 4) is 0 Å². The number of hydrogen-bond donors (Lipinski definition) is 0. The molecule has 4 nitrogen and oxygen atoms in total. The lowest BCUT2D eigenvalue weighted by Crippen LogP contribution is -2.37. The Morgan fingerprint density at radius 1 is 1.55 bits per heavy atom. The van der Waals surface area contributed by atoms with Crippen LogP contribution in [0.3, 0.4) is 0 Å². The van der Waals surface area contributed by atoms with E-state index in [-0.39, 0.29) is 6.09 Å². The third-order valence-electron chi connectivity index (χ3n) is 2.63. The van der Waals surface area contributed by atoms with Gasteiger partial charge in [0.05, 0.1) is 4.88 Å². The highest BCUT2D eigenvalue weighted by Crippen LogP contribution is 2.34. The minimum Gasteiger partial charge on any atom is -0.443 e. The summed E-state index contributed by atoms with van der Waals surface area (Å²) in [5.41, 5.74) is 0.450. The second-order valence-corrected chi connectivity index (χ2v) is 7.71. The molecule has 0 aliphatic rings. The summed E-state index contributed by atoms with van der Waals surface area (Å²) in [5.74, 6) is 0. The van der Waals surface area contributed by atoms with E-state index in [0.717, 1.165) is 21.4 Å². The number of halogens is 1. The van der Waals surface area contributed by atoms with Gasteiger partial charge in [-0.3, -0.25) is 4.90 Å². The number of amides is 1. The summed E-state index contributed by atoms with van der Waals surface area (Å²) in [5, 5.41) is 0.638. The van der Waals surface area contributed by atoms with Crippen LogP contribution < -0.4 is 4.90 Å². The molecule has 0 fully saturated rings. The van der Waals surface area contributed by atoms with E-state index >= 15 is 0 Å². The van der Waals surface area contributed by atoms with E-state index in [9.17, 15) is 4.79 Å². The first-order chi connectivity index (χ1) is 10.2. The molecule has 0 bridgehead atoms. The second-order valence-electron chi connectivity index (χ2n) is 5.75. The van der Waals surface area contributed by atoms with Crippen LogP contribution in [0.15, 0.2) is 23.3 Å². The molecule has 1 aromatic heterocycles. The topological polar surface area (TPSA) is 42.4 Å². The van der Waals surface area contributed by atoms with Gasteiger partial charge in [-0.15, -0.1) is 0 Å². The van der Waals surface area contributed by atoms with Crippen molar-refractivity contribution in [2.45, 2.75) is 46.6 Å². The molecule has 0 aliphatic carbocycles. The molecule has 0 N–H and O–H groups in total. The second kappa shape index (κ2) is 7.92. The van der Waals surface area contributed by atoms with Gasteiger partial charge in [-0.1, -0.05) is 46.8 Å². The first-order valence-electron chi connectivity index (χ1n) is 7.17. The molecule has 0 spiro atoms. The van der Waals surface area contributed by atoms with Crippen LogP contribution >= 0.6 is 27.3 Å². The van der Waals surface area contributed by atoms with Crippen molar-refractivity contribution in [1.29, 1.82) is 0 Å². The van der Waals surface area contributed by atoms with Crippen molar-refractivity contribution in [1.82, 2.24) is 4.98 Å². The van der Waals surface area contributed by atoms with Crippen LogP contribution in [-0.2, 0) is 4.74 Å². The normalized spacial score (nSPS) is 12.2. The van der Waals surface area contributed by atoms with Crippen LogP contribution in [0.4, 0.5) is 9.93 Å². The van der Waals surface area contributed by atoms with Crippen LogP contribution in [0, 0.1) is 0 Å². The van der Waals surface area contributed by atoms with Crippen molar-refractivity contribution in [3.63, 3.8) is 0 Å². The van der Waals surface area contributed by atoms with E-state index in [1.165, 1.54) is 11.3 Å². The lowest BCUT2D eigenvalue weighted by atomic mass is 10.2. The van der Waals surface area contributed by atoms with Crippen LogP contribution in [-0.4, -0.2) is 23.2 Å². The van der Waals surface area contributed by atoms with Crippen LogP contribution in [0.25, 0.3) is 5.57 Å². The molecule has 0 aliphatic heterocycles. The number of rotatable bonds is 5. The Hall–Kier alpha value is -1.14. The average molecular weight is 387 g/mol. The Kier molecular flexibility index (Phi) is 6.81. The van der Waals surface area contributed by atoms with Crippen LogP contribution in [0.2, 0.25) is 0 Å². The van der Waals surface area contributed by atoms with Crippen molar-refractivity contribution in [2.75, 3.05) is 11.4 Å². The summed E-state index contributed by atoms with van der Waals surface area (Å²) in [4.78, 5) is 19.3. The predicted molar refractivity (Wildman–Crippen MR) is 97.7 cm³/mol. The highest BCUT2D eigenvalue weighted by atomic mass is 79.9. The van der Waals surface area contributed by atoms with E-state index in [0.29, 0.717) is 11.7 Å². The predicted octanol–water partition coefficient (Wildman–Crippen LogP) is 5.61. The summed E-state index contributed by atoms with van der Waals surface area (Å²) in [6, 6.07) is 0. The first-order valence-corrected chi connectivity index (χ1v) is 8.78. The molecule has 0 unspecified atom stereocenters. The fraction of sp³-hybridized carbons (Fsp3) is 0.500. The summed E-state index contributed by atoms with van der Waals surface area (Å²) >= 11 is 4.85. The first kappa shape index (κ1) is 18.9. The van der Waals surface area contributed by atoms with Gasteiger partial charge in [-0.2, -0.15) is 0 Å². The average Bonchev–Trinajstić information content (AvgIpc) is 2.83. The third-order valence-corrected chi connectivity index (χ3v) is 4.11. The van der Waals surface area contributed by atoms with Gasteiger partial charge in [0.15, 0.2) is 5.13 Å². The van der Waals surface area contributed by atoms with Gasteiger partial charge in [-0.25, -0.2) is 9.78 Å². The highest BCUT2D eigenvalue weighted by Gasteiger charge is 2.25. The number of thiazole rings is 1. The Labute approximate surface area is 145 Å². The summed E-state index contributed by atoms with van der Waals surface area (Å²) in [6.45, 7) is 14.0. The molecule has 1 rings (SSSR count). The maximum Gasteiger partial charge on any atom is 0.416 e. The number of aromatic nitrogens is 1. The Morgan fingerprint density at radius 3 is 2.64 bits per heavy atom. The van der Waals surface area contributed by atoms with E-state index in [1.807, 2.05) is 40.7 Å². The van der Waals surface area contributed by atoms with Gasteiger partial charge >= 0.3 is 6.09 Å². The van der Waals surface area contributed by atoms with Gasteiger partial charge in [0.1, 0.15) is 5.60 Å². The maximum absolute atomic E-state index is 12.4. The molecule has 22 heavy (non-hydrogen) atoms. The zero-order valence-electron chi connectivity index (χ0n) is 13.8. The quantitative estimate of drug-likeness (QED) is 0.617. The molecule has 0 saturated carbocycles. The molecule has 0 radical (unpaired) electrons. The van der Waals surface area contributed by atoms with E-state index in [2.05, 4.69) is 27.5 Å². The maximum atomic E-state index is 12.4. The minimum atomic E-state index is -0.526. The minimum absolute atomic E-state index is 0.366. The summed E-state index contributed by atoms with van der Waals surface area (Å²) in [6.07, 6.45) is 4.19. The molecule has 6 heteroatoms. The van der Waals surface area contributed by atoms with Gasteiger partial charge in [0, 0.05) is 22.8 Å². The summed E-state index contributed by atoms with van der Waals surface area (Å²) < 4.78 is 6.26. The largest absolute Gasteiger partial charge is 0.443 e. The number of nitrogens with zero attached hydrogens (tertiary/aromatic N) is 2. The van der Waals surface area contributed by atoms with Crippen molar-refractivity contribution < 1.29 is 9.53 Å². The number of ether oxygens (including phenoxy) is 1. The van der Waals surface area contributed by atoms with Gasteiger partial charge in [0.25, 0.3) is 0 Å². The van der Waals surface area contributed by atoms with Crippen LogP contribution in [0.1, 0.15) is 45.9 Å². The van der Waals surface area contributed by atoms with Crippen molar-refractivity contribution in [2.24, 2.45) is 0 Å². The summed E-state index contributed by atoms with van der Waals surface area (Å²) in [7, 11) is 0. The van der Waals surface area contributed by atoms with Gasteiger partial charge in [0.2, 0.25) is 0 Å². The number of carbonyl (C=O) groups excluding carboxylic acids is 1. The molecule has 1 amide bonds. The van der Waals surface area contributed by atoms with Crippen LogP contribution in [0.5, 0.6) is 0 Å². The molecular weight excluding hydrogens is 364 g/mol. The zero-order valence-corrected chi connectivity index (χ0v) is 16.2. The number of hydrogen-bond acceptors (Lipinski definition) is 4. The zero-order chi connectivity index (χ0) is 16.9. The van der Waals surface area contributed by atoms with Crippen molar-refractivity contribution in [3.05, 3.63) is 28.2 Å². The highest BCUT2D eigenvalue weighted by molar-refractivity contribution is 9.12. The molecule has 1 aromatic rings. The Morgan fingerprint density at radius 2 is 2.18 bits per heavy atom. The van der Waals surface area contributed by atoms with E-state index in [4.69, 9.17) is 4.74 Å². The van der Waals surface area contributed by atoms with Gasteiger partial charge < -0.3 is 4.74 Å². The smallest absolute Gasteiger partial charge is 0.416 e. The van der Waals surface area contributed by atoms with E-state index in [1.54, 1.807) is 11.1 Å². The molecule has 0 aromatic carbocycles. The SMILES string of the molecule is C=C(Br)/C(=C\C)c1cnc(N(CCC)C(=O)OC(C)(C)C)s1. The third kappa shape index (κ3) is 5.25. The monoisotopic (exact) mass is 386 g/mol. The number of allylic oxidation sites excluding steroid dienone is 3. The molecule has 0 saturated heterocycles. The van der Waals surface area contributed by atoms with Gasteiger partial charge in [-0.05, 0) is 34.1 Å². The van der Waals surface area contributed by atoms with E-state index < -0.39 is 5.60 Å². The Balaban J connectivity index is 3.06. The molecule has 122 valence electrons. The Bertz CT molecular complexity index is 573. The van der Waals surface area contributed by atoms with Crippen molar-refractivity contribution >= 4 is 44.1 Å². The standard InChI is InChI=1S/C16H23BrN2O2S/c1-7-9-19(15(20)21-16(4,5)6)14-18-10-13(22-14)12(8-2)11(3)17/h8,10H,3,7,9H2,1-2,4-6H3/b12-8+. The fourth-order valence-corrected chi connectivity index (χ4v) is 3.36. The molecule has 0 atom stereocenters. The lowest BCUT2D eigenvalue weighted by molar-refractivity contribution is 0.0580. The number of anilines is 1. The number of carbonyl (C=O) groups is 1.